The van der Waals surface area contributed by atoms with Crippen molar-refractivity contribution in [3.63, 3.8) is 0 Å². The summed E-state index contributed by atoms with van der Waals surface area (Å²) in [4.78, 5) is 11.9. The molecule has 0 unspecified atom stereocenters. The molecule has 6 nitrogen and oxygen atoms in total. The molecule has 0 bridgehead atoms. The second-order valence-corrected chi connectivity index (χ2v) is 4.59. The number of rotatable bonds is 7. The first kappa shape index (κ1) is 16.4. The monoisotopic (exact) mass is 314 g/mol. The largest absolute Gasteiger partial charge is 0.490 e. The van der Waals surface area contributed by atoms with Gasteiger partial charge in [0, 0.05) is 11.3 Å². The van der Waals surface area contributed by atoms with Crippen LogP contribution in [-0.4, -0.2) is 30.5 Å². The van der Waals surface area contributed by atoms with Crippen molar-refractivity contribution in [1.29, 1.82) is 0 Å². The van der Waals surface area contributed by atoms with Gasteiger partial charge in [0.2, 0.25) is 0 Å². The Hall–Kier alpha value is -3.02. The number of nitrogens with zero attached hydrogens (tertiary/aromatic N) is 1. The van der Waals surface area contributed by atoms with Gasteiger partial charge in [-0.25, -0.2) is 0 Å². The number of ether oxygens (including phenoxy) is 2. The van der Waals surface area contributed by atoms with E-state index in [0.29, 0.717) is 29.4 Å². The number of amides is 1. The van der Waals surface area contributed by atoms with Crippen LogP contribution in [0, 0.1) is 0 Å². The summed E-state index contributed by atoms with van der Waals surface area (Å²) in [6, 6.07) is 14.2. The number of carbonyl (C=O) groups is 1. The molecule has 2 rings (SSSR count). The van der Waals surface area contributed by atoms with Crippen LogP contribution < -0.4 is 14.8 Å². The van der Waals surface area contributed by atoms with Gasteiger partial charge in [0.1, 0.15) is 0 Å². The van der Waals surface area contributed by atoms with Crippen LogP contribution in [0.4, 0.5) is 5.69 Å². The van der Waals surface area contributed by atoms with Crippen molar-refractivity contribution >= 4 is 17.8 Å². The lowest BCUT2D eigenvalue weighted by Crippen LogP contribution is -2.20. The van der Waals surface area contributed by atoms with Crippen LogP contribution in [0.5, 0.6) is 11.5 Å². The molecule has 0 heterocycles. The second kappa shape index (κ2) is 8.43. The van der Waals surface area contributed by atoms with E-state index in [-0.39, 0.29) is 12.5 Å². The summed E-state index contributed by atoms with van der Waals surface area (Å²) in [5.41, 5.74) is 1.37. The van der Waals surface area contributed by atoms with E-state index in [1.165, 1.54) is 6.21 Å². The number of hydrogen-bond donors (Lipinski definition) is 2. The fourth-order valence-corrected chi connectivity index (χ4v) is 1.92. The van der Waals surface area contributed by atoms with Crippen LogP contribution in [0.1, 0.15) is 12.5 Å². The van der Waals surface area contributed by atoms with Crippen molar-refractivity contribution in [2.24, 2.45) is 5.16 Å². The van der Waals surface area contributed by atoms with Gasteiger partial charge in [-0.15, -0.1) is 0 Å². The Kier molecular flexibility index (Phi) is 5.99. The molecule has 6 heteroatoms. The molecular weight excluding hydrogens is 296 g/mol. The minimum absolute atomic E-state index is 0.137. The summed E-state index contributed by atoms with van der Waals surface area (Å²) < 4.78 is 11.0. The summed E-state index contributed by atoms with van der Waals surface area (Å²) in [6.45, 7) is 2.16. The fourth-order valence-electron chi connectivity index (χ4n) is 1.92. The van der Waals surface area contributed by atoms with E-state index in [2.05, 4.69) is 10.5 Å². The molecule has 0 aliphatic carbocycles. The van der Waals surface area contributed by atoms with Gasteiger partial charge in [-0.3, -0.25) is 4.79 Å². The number of anilines is 1. The van der Waals surface area contributed by atoms with Crippen LogP contribution in [0.15, 0.2) is 53.7 Å². The molecule has 0 spiro atoms. The van der Waals surface area contributed by atoms with Gasteiger partial charge in [-0.05, 0) is 37.3 Å². The minimum Gasteiger partial charge on any atom is -0.490 e. The summed E-state index contributed by atoms with van der Waals surface area (Å²) in [5.74, 6) is 0.669. The molecule has 2 aromatic carbocycles. The second-order valence-electron chi connectivity index (χ2n) is 4.59. The Morgan fingerprint density at radius 3 is 2.65 bits per heavy atom. The zero-order valence-electron chi connectivity index (χ0n) is 12.7. The van der Waals surface area contributed by atoms with Gasteiger partial charge >= 0.3 is 0 Å². The highest BCUT2D eigenvalue weighted by Gasteiger charge is 2.09. The Bertz CT molecular complexity index is 672. The number of hydrogen-bond acceptors (Lipinski definition) is 5. The third kappa shape index (κ3) is 5.03. The van der Waals surface area contributed by atoms with Crippen molar-refractivity contribution in [3.8, 4) is 11.5 Å². The first-order valence-electron chi connectivity index (χ1n) is 7.15. The third-order valence-corrected chi connectivity index (χ3v) is 2.89. The van der Waals surface area contributed by atoms with E-state index in [9.17, 15) is 4.79 Å². The SMILES string of the molecule is CCOc1cc(C=NO)ccc1OCC(=O)Nc1ccccc1. The minimum atomic E-state index is -0.264. The molecule has 0 atom stereocenters. The van der Waals surface area contributed by atoms with E-state index in [1.807, 2.05) is 25.1 Å². The van der Waals surface area contributed by atoms with E-state index in [1.54, 1.807) is 30.3 Å². The molecule has 23 heavy (non-hydrogen) atoms. The average Bonchev–Trinajstić information content (AvgIpc) is 2.56. The number of benzene rings is 2. The number of para-hydroxylation sites is 1. The van der Waals surface area contributed by atoms with Gasteiger partial charge in [0.15, 0.2) is 18.1 Å². The van der Waals surface area contributed by atoms with E-state index >= 15 is 0 Å². The van der Waals surface area contributed by atoms with Crippen molar-refractivity contribution in [2.45, 2.75) is 6.92 Å². The normalized spacial score (nSPS) is 10.5. The number of nitrogens with one attached hydrogen (secondary N) is 1. The highest BCUT2D eigenvalue weighted by Crippen LogP contribution is 2.28. The molecule has 120 valence electrons. The molecule has 0 aromatic heterocycles. The molecule has 0 saturated carbocycles. The zero-order chi connectivity index (χ0) is 16.5. The summed E-state index contributed by atoms with van der Waals surface area (Å²) in [5, 5.41) is 14.3. The topological polar surface area (TPSA) is 80.2 Å². The smallest absolute Gasteiger partial charge is 0.262 e. The van der Waals surface area contributed by atoms with Crippen LogP contribution in [0.25, 0.3) is 0 Å². The lowest BCUT2D eigenvalue weighted by molar-refractivity contribution is -0.118. The van der Waals surface area contributed by atoms with Crippen LogP contribution in [-0.2, 0) is 4.79 Å². The van der Waals surface area contributed by atoms with Gasteiger partial charge in [-0.1, -0.05) is 23.4 Å². The Balaban J connectivity index is 2.00. The summed E-state index contributed by atoms with van der Waals surface area (Å²) in [6.07, 6.45) is 1.29. The van der Waals surface area contributed by atoms with E-state index in [4.69, 9.17) is 14.7 Å². The Labute approximate surface area is 134 Å². The average molecular weight is 314 g/mol. The molecule has 0 fully saturated rings. The number of oxime groups is 1. The van der Waals surface area contributed by atoms with Crippen molar-refractivity contribution in [2.75, 3.05) is 18.5 Å². The predicted octanol–water partition coefficient (Wildman–Crippen LogP) is 2.91. The first-order chi connectivity index (χ1) is 11.2. The van der Waals surface area contributed by atoms with Crippen molar-refractivity contribution in [1.82, 2.24) is 0 Å². The van der Waals surface area contributed by atoms with Crippen LogP contribution >= 0.6 is 0 Å². The summed E-state index contributed by atoms with van der Waals surface area (Å²) in [7, 11) is 0. The number of carbonyl (C=O) groups excluding carboxylic acids is 1. The molecule has 2 N–H and O–H groups in total. The molecule has 0 saturated heterocycles. The van der Waals surface area contributed by atoms with E-state index < -0.39 is 0 Å². The van der Waals surface area contributed by atoms with Gasteiger partial charge in [-0.2, -0.15) is 0 Å². The quantitative estimate of drug-likeness (QED) is 0.468. The third-order valence-electron chi connectivity index (χ3n) is 2.89. The Morgan fingerprint density at radius 1 is 1.17 bits per heavy atom. The molecule has 0 aliphatic rings. The molecule has 2 aromatic rings. The standard InChI is InChI=1S/C17H18N2O4/c1-2-22-16-10-13(11-18-21)8-9-15(16)23-12-17(20)19-14-6-4-3-5-7-14/h3-11,21H,2,12H2,1H3,(H,19,20). The predicted molar refractivity (Wildman–Crippen MR) is 87.6 cm³/mol. The van der Waals surface area contributed by atoms with Crippen molar-refractivity contribution in [3.05, 3.63) is 54.1 Å². The molecule has 0 radical (unpaired) electrons. The van der Waals surface area contributed by atoms with Crippen molar-refractivity contribution < 1.29 is 19.5 Å². The highest BCUT2D eigenvalue weighted by atomic mass is 16.5. The molecule has 1 amide bonds. The lowest BCUT2D eigenvalue weighted by atomic mass is 10.2. The van der Waals surface area contributed by atoms with Gasteiger partial charge in [0.25, 0.3) is 5.91 Å². The fraction of sp³-hybridized carbons (Fsp3) is 0.176. The molecule has 0 aliphatic heterocycles. The summed E-state index contributed by atoms with van der Waals surface area (Å²) >= 11 is 0. The highest BCUT2D eigenvalue weighted by molar-refractivity contribution is 5.91. The lowest BCUT2D eigenvalue weighted by Gasteiger charge is -2.12. The Morgan fingerprint density at radius 2 is 1.96 bits per heavy atom. The van der Waals surface area contributed by atoms with Gasteiger partial charge < -0.3 is 20.0 Å². The maximum absolute atomic E-state index is 11.9. The van der Waals surface area contributed by atoms with Gasteiger partial charge in [0.05, 0.1) is 12.8 Å². The van der Waals surface area contributed by atoms with Crippen LogP contribution in [0.2, 0.25) is 0 Å². The molecular formula is C17H18N2O4. The van der Waals surface area contributed by atoms with Crippen LogP contribution in [0.3, 0.4) is 0 Å². The van der Waals surface area contributed by atoms with E-state index in [0.717, 1.165) is 0 Å². The zero-order valence-corrected chi connectivity index (χ0v) is 12.7. The maximum Gasteiger partial charge on any atom is 0.262 e. The first-order valence-corrected chi connectivity index (χ1v) is 7.15. The maximum atomic E-state index is 11.9.